The zero-order valence-electron chi connectivity index (χ0n) is 12.4. The minimum atomic E-state index is -0.491. The lowest BCUT2D eigenvalue weighted by Crippen LogP contribution is -2.54. The molecular weight excluding hydrogens is 242 g/mol. The van der Waals surface area contributed by atoms with E-state index in [-0.39, 0.29) is 12.5 Å². The summed E-state index contributed by atoms with van der Waals surface area (Å²) in [5.41, 5.74) is -1.35. The van der Waals surface area contributed by atoms with Crippen molar-refractivity contribution in [2.75, 3.05) is 13.2 Å². The van der Waals surface area contributed by atoms with Crippen LogP contribution in [-0.2, 0) is 9.53 Å². The van der Waals surface area contributed by atoms with Gasteiger partial charge < -0.3 is 15.2 Å². The number of carbonyl (C=O) groups is 1. The van der Waals surface area contributed by atoms with E-state index < -0.39 is 16.6 Å². The summed E-state index contributed by atoms with van der Waals surface area (Å²) in [6.07, 6.45) is 5.02. The van der Waals surface area contributed by atoms with Crippen LogP contribution in [0.25, 0.3) is 0 Å². The Morgan fingerprint density at radius 3 is 2.47 bits per heavy atom. The van der Waals surface area contributed by atoms with E-state index >= 15 is 0 Å². The molecule has 2 atom stereocenters. The Hall–Kier alpha value is -0.610. The maximum absolute atomic E-state index is 12.7. The lowest BCUT2D eigenvalue weighted by molar-refractivity contribution is -0.156. The maximum atomic E-state index is 12.7. The van der Waals surface area contributed by atoms with E-state index in [1.165, 1.54) is 0 Å². The molecule has 0 aromatic carbocycles. The highest BCUT2D eigenvalue weighted by Crippen LogP contribution is 2.61. The number of aliphatic hydroxyl groups is 1. The van der Waals surface area contributed by atoms with Gasteiger partial charge in [-0.2, -0.15) is 0 Å². The molecule has 1 aliphatic carbocycles. The molecule has 1 heterocycles. The summed E-state index contributed by atoms with van der Waals surface area (Å²) in [6, 6.07) is 0. The molecule has 0 spiro atoms. The summed E-state index contributed by atoms with van der Waals surface area (Å²) in [5.74, 6) is 0.119. The predicted molar refractivity (Wildman–Crippen MR) is 73.8 cm³/mol. The minimum Gasteiger partial charge on any atom is -0.393 e. The minimum absolute atomic E-state index is 0.0237. The topological polar surface area (TPSA) is 58.6 Å². The summed E-state index contributed by atoms with van der Waals surface area (Å²) in [7, 11) is 0. The van der Waals surface area contributed by atoms with E-state index in [9.17, 15) is 9.90 Å². The first-order valence-corrected chi connectivity index (χ1v) is 7.63. The number of nitrogens with one attached hydrogen (secondary N) is 1. The third kappa shape index (κ3) is 1.91. The molecule has 1 saturated heterocycles. The van der Waals surface area contributed by atoms with E-state index in [1.807, 2.05) is 6.92 Å². The molecule has 2 fully saturated rings. The average Bonchev–Trinajstić information content (AvgIpc) is 2.65. The lowest BCUT2D eigenvalue weighted by atomic mass is 9.60. The number of ether oxygens (including phenoxy) is 1. The second kappa shape index (κ2) is 5.06. The van der Waals surface area contributed by atoms with E-state index in [2.05, 4.69) is 19.2 Å². The van der Waals surface area contributed by atoms with Gasteiger partial charge in [0.25, 0.3) is 0 Å². The van der Waals surface area contributed by atoms with Gasteiger partial charge in [-0.1, -0.05) is 13.8 Å². The van der Waals surface area contributed by atoms with Crippen molar-refractivity contribution in [3.8, 4) is 0 Å². The largest absolute Gasteiger partial charge is 0.393 e. The predicted octanol–water partition coefficient (Wildman–Crippen LogP) is 2.00. The summed E-state index contributed by atoms with van der Waals surface area (Å²) < 4.78 is 6.37. The smallest absolute Gasteiger partial charge is 0.229 e. The molecule has 0 aromatic heterocycles. The van der Waals surface area contributed by atoms with E-state index in [0.29, 0.717) is 13.0 Å². The molecule has 0 radical (unpaired) electrons. The lowest BCUT2D eigenvalue weighted by Gasteiger charge is -2.42. The zero-order chi connectivity index (χ0) is 14.1. The molecule has 1 aliphatic heterocycles. The number of aliphatic hydroxyl groups excluding tert-OH is 1. The van der Waals surface area contributed by atoms with Gasteiger partial charge in [0, 0.05) is 6.54 Å². The molecular formula is C15H27NO3. The van der Waals surface area contributed by atoms with Crippen molar-refractivity contribution >= 4 is 5.91 Å². The first-order chi connectivity index (χ1) is 9.03. The molecule has 2 unspecified atom stereocenters. The van der Waals surface area contributed by atoms with Gasteiger partial charge in [-0.05, 0) is 45.4 Å². The van der Waals surface area contributed by atoms with Crippen LogP contribution in [0, 0.1) is 5.41 Å². The molecule has 1 amide bonds. The highest BCUT2D eigenvalue weighted by atomic mass is 16.5. The van der Waals surface area contributed by atoms with E-state index in [1.54, 1.807) is 0 Å². The highest BCUT2D eigenvalue weighted by Gasteiger charge is 2.67. The Bertz CT molecular complexity index is 353. The monoisotopic (exact) mass is 269 g/mol. The zero-order valence-corrected chi connectivity index (χ0v) is 12.4. The van der Waals surface area contributed by atoms with Crippen LogP contribution in [0.3, 0.4) is 0 Å². The van der Waals surface area contributed by atoms with Crippen LogP contribution in [-0.4, -0.2) is 35.4 Å². The van der Waals surface area contributed by atoms with Gasteiger partial charge >= 0.3 is 0 Å². The second-order valence-corrected chi connectivity index (χ2v) is 6.12. The van der Waals surface area contributed by atoms with Crippen molar-refractivity contribution in [3.05, 3.63) is 0 Å². The molecule has 4 heteroatoms. The summed E-state index contributed by atoms with van der Waals surface area (Å²) >= 11 is 0. The number of fused-ring (bicyclic) bond motifs is 2. The summed E-state index contributed by atoms with van der Waals surface area (Å²) in [4.78, 5) is 12.7. The average molecular weight is 269 g/mol. The van der Waals surface area contributed by atoms with Crippen LogP contribution in [0.1, 0.15) is 59.3 Å². The third-order valence-corrected chi connectivity index (χ3v) is 5.35. The summed E-state index contributed by atoms with van der Waals surface area (Å²) in [5, 5.41) is 12.8. The Morgan fingerprint density at radius 2 is 1.95 bits per heavy atom. The van der Waals surface area contributed by atoms with E-state index in [0.717, 1.165) is 32.1 Å². The molecule has 2 N–H and O–H groups in total. The van der Waals surface area contributed by atoms with Gasteiger partial charge in [0.15, 0.2) is 0 Å². The molecule has 4 nitrogen and oxygen atoms in total. The number of hydrogen-bond acceptors (Lipinski definition) is 3. The highest BCUT2D eigenvalue weighted by molar-refractivity contribution is 5.85. The normalized spacial score (nSPS) is 36.2. The van der Waals surface area contributed by atoms with Crippen LogP contribution < -0.4 is 5.32 Å². The van der Waals surface area contributed by atoms with Crippen LogP contribution >= 0.6 is 0 Å². The maximum Gasteiger partial charge on any atom is 0.229 e. The van der Waals surface area contributed by atoms with Crippen molar-refractivity contribution in [3.63, 3.8) is 0 Å². The van der Waals surface area contributed by atoms with Crippen LogP contribution in [0.2, 0.25) is 0 Å². The van der Waals surface area contributed by atoms with E-state index in [4.69, 9.17) is 4.74 Å². The first kappa shape index (κ1) is 14.8. The molecule has 19 heavy (non-hydrogen) atoms. The SMILES string of the molecule is CCNC(=O)C12CCCC(CO)(C1)OC2(CC)CC. The van der Waals surface area contributed by atoms with Gasteiger partial charge in [-0.25, -0.2) is 0 Å². The number of rotatable bonds is 5. The first-order valence-electron chi connectivity index (χ1n) is 7.63. The van der Waals surface area contributed by atoms with Gasteiger partial charge in [0.1, 0.15) is 0 Å². The van der Waals surface area contributed by atoms with Gasteiger partial charge in [-0.3, -0.25) is 4.79 Å². The molecule has 2 aliphatic rings. The number of amides is 1. The molecule has 1 saturated carbocycles. The Kier molecular flexibility index (Phi) is 3.94. The van der Waals surface area contributed by atoms with Crippen LogP contribution in [0.15, 0.2) is 0 Å². The Labute approximate surface area is 115 Å². The molecule has 2 bridgehead atoms. The fraction of sp³-hybridized carbons (Fsp3) is 0.933. The fourth-order valence-corrected chi connectivity index (χ4v) is 4.40. The quantitative estimate of drug-likeness (QED) is 0.802. The molecule has 110 valence electrons. The summed E-state index contributed by atoms with van der Waals surface area (Å²) in [6.45, 7) is 6.81. The molecule has 0 aromatic rings. The standard InChI is InChI=1S/C15H27NO3/c1-4-15(5-2)14(12(18)16-6-3)9-7-8-13(10-14,11-17)19-15/h17H,4-11H2,1-3H3,(H,16,18). The van der Waals surface area contributed by atoms with Gasteiger partial charge in [0.2, 0.25) is 5.91 Å². The Morgan fingerprint density at radius 1 is 1.26 bits per heavy atom. The van der Waals surface area contributed by atoms with Crippen molar-refractivity contribution in [1.29, 1.82) is 0 Å². The number of carbonyl (C=O) groups excluding carboxylic acids is 1. The Balaban J connectivity index is 2.44. The van der Waals surface area contributed by atoms with Crippen molar-refractivity contribution in [2.45, 2.75) is 70.5 Å². The number of hydrogen-bond donors (Lipinski definition) is 2. The molecule has 2 rings (SSSR count). The van der Waals surface area contributed by atoms with Crippen molar-refractivity contribution < 1.29 is 14.6 Å². The van der Waals surface area contributed by atoms with Crippen molar-refractivity contribution in [1.82, 2.24) is 5.32 Å². The van der Waals surface area contributed by atoms with Crippen molar-refractivity contribution in [2.24, 2.45) is 5.41 Å². The second-order valence-electron chi connectivity index (χ2n) is 6.12. The third-order valence-electron chi connectivity index (χ3n) is 5.35. The van der Waals surface area contributed by atoms with Gasteiger partial charge in [0.05, 0.1) is 23.2 Å². The van der Waals surface area contributed by atoms with Crippen LogP contribution in [0.5, 0.6) is 0 Å². The van der Waals surface area contributed by atoms with Crippen LogP contribution in [0.4, 0.5) is 0 Å². The van der Waals surface area contributed by atoms with Gasteiger partial charge in [-0.15, -0.1) is 0 Å². The fourth-order valence-electron chi connectivity index (χ4n) is 4.40.